The first-order valence-electron chi connectivity index (χ1n) is 9.40. The standard InChI is InChI=1S/C18H31N3O/c1-11(22)17-14(12-7-4-3-5-8-12)15-16-13(9-6-10-19-16)20-18(15)21(17)2/h12-20H,3-10H2,1-2H3. The molecule has 0 aromatic rings. The monoisotopic (exact) mass is 305 g/mol. The Morgan fingerprint density at radius 2 is 1.82 bits per heavy atom. The molecule has 3 saturated heterocycles. The van der Waals surface area contributed by atoms with E-state index in [9.17, 15) is 4.79 Å². The number of nitrogens with one attached hydrogen (secondary N) is 2. The van der Waals surface area contributed by atoms with Crippen LogP contribution in [0.2, 0.25) is 0 Å². The van der Waals surface area contributed by atoms with E-state index in [2.05, 4.69) is 22.6 Å². The van der Waals surface area contributed by atoms with Crippen molar-refractivity contribution in [1.29, 1.82) is 0 Å². The van der Waals surface area contributed by atoms with Crippen molar-refractivity contribution >= 4 is 5.78 Å². The number of nitrogens with zero attached hydrogens (tertiary/aromatic N) is 1. The minimum atomic E-state index is 0.135. The number of fused-ring (bicyclic) bond motifs is 3. The molecule has 1 saturated carbocycles. The normalized spacial score (nSPS) is 46.5. The Kier molecular flexibility index (Phi) is 4.04. The van der Waals surface area contributed by atoms with Crippen molar-refractivity contribution in [3.05, 3.63) is 0 Å². The fraction of sp³-hybridized carbons (Fsp3) is 0.944. The van der Waals surface area contributed by atoms with Crippen LogP contribution < -0.4 is 10.6 Å². The summed E-state index contributed by atoms with van der Waals surface area (Å²) in [6.45, 7) is 2.96. The van der Waals surface area contributed by atoms with Gasteiger partial charge in [-0.25, -0.2) is 0 Å². The van der Waals surface area contributed by atoms with Crippen molar-refractivity contribution in [2.75, 3.05) is 13.6 Å². The summed E-state index contributed by atoms with van der Waals surface area (Å²) in [5, 5.41) is 7.67. The zero-order chi connectivity index (χ0) is 15.3. The van der Waals surface area contributed by atoms with Gasteiger partial charge < -0.3 is 5.32 Å². The molecule has 1 aliphatic carbocycles. The minimum Gasteiger partial charge on any atom is -0.312 e. The van der Waals surface area contributed by atoms with Crippen LogP contribution in [-0.4, -0.2) is 48.6 Å². The molecule has 2 N–H and O–H groups in total. The zero-order valence-corrected chi connectivity index (χ0v) is 14.1. The van der Waals surface area contributed by atoms with Crippen LogP contribution in [0.1, 0.15) is 51.9 Å². The van der Waals surface area contributed by atoms with Gasteiger partial charge in [0.05, 0.1) is 12.2 Å². The molecule has 4 rings (SSSR count). The Morgan fingerprint density at radius 1 is 1.05 bits per heavy atom. The summed E-state index contributed by atoms with van der Waals surface area (Å²) in [6.07, 6.45) is 9.76. The second-order valence-corrected chi connectivity index (χ2v) is 8.11. The van der Waals surface area contributed by atoms with Crippen LogP contribution >= 0.6 is 0 Å². The topological polar surface area (TPSA) is 44.4 Å². The number of carbonyl (C=O) groups is 1. The van der Waals surface area contributed by atoms with Gasteiger partial charge in [0.15, 0.2) is 0 Å². The van der Waals surface area contributed by atoms with Gasteiger partial charge in [-0.3, -0.25) is 15.0 Å². The number of Topliss-reactive ketones (excluding diaryl/α,β-unsaturated/α-hetero) is 1. The van der Waals surface area contributed by atoms with Gasteiger partial charge >= 0.3 is 0 Å². The average molecular weight is 305 g/mol. The van der Waals surface area contributed by atoms with Crippen molar-refractivity contribution in [1.82, 2.24) is 15.5 Å². The van der Waals surface area contributed by atoms with Gasteiger partial charge in [0, 0.05) is 18.0 Å². The molecule has 0 aromatic carbocycles. The van der Waals surface area contributed by atoms with Crippen LogP contribution in [0.25, 0.3) is 0 Å². The highest BCUT2D eigenvalue weighted by molar-refractivity contribution is 5.82. The van der Waals surface area contributed by atoms with Crippen molar-refractivity contribution in [3.8, 4) is 0 Å². The Balaban J connectivity index is 1.65. The highest BCUT2D eigenvalue weighted by Crippen LogP contribution is 2.48. The highest BCUT2D eigenvalue weighted by atomic mass is 16.1. The van der Waals surface area contributed by atoms with Crippen LogP contribution in [0.5, 0.6) is 0 Å². The third kappa shape index (κ3) is 2.26. The molecule has 0 spiro atoms. The van der Waals surface area contributed by atoms with Gasteiger partial charge in [-0.1, -0.05) is 32.1 Å². The molecule has 124 valence electrons. The summed E-state index contributed by atoms with van der Waals surface area (Å²) in [7, 11) is 2.18. The Bertz CT molecular complexity index is 434. The SMILES string of the molecule is CC(=O)C1C(C2CCCCC2)C2C3NCCCC3NC2N1C. The molecule has 6 unspecified atom stereocenters. The summed E-state index contributed by atoms with van der Waals surface area (Å²) < 4.78 is 0. The summed E-state index contributed by atoms with van der Waals surface area (Å²) >= 11 is 0. The quantitative estimate of drug-likeness (QED) is 0.816. The van der Waals surface area contributed by atoms with Crippen LogP contribution in [0.15, 0.2) is 0 Å². The second-order valence-electron chi connectivity index (χ2n) is 8.11. The van der Waals surface area contributed by atoms with Crippen molar-refractivity contribution < 1.29 is 4.79 Å². The van der Waals surface area contributed by atoms with E-state index in [0.717, 1.165) is 12.5 Å². The lowest BCUT2D eigenvalue weighted by Gasteiger charge is -2.39. The molecule has 6 atom stereocenters. The number of ketones is 1. The number of rotatable bonds is 2. The molecule has 0 aromatic heterocycles. The van der Waals surface area contributed by atoms with Crippen LogP contribution in [-0.2, 0) is 4.79 Å². The summed E-state index contributed by atoms with van der Waals surface area (Å²) in [5.41, 5.74) is 0. The number of likely N-dealkylation sites (N-methyl/N-ethyl adjacent to an activating group) is 1. The predicted octanol–water partition coefficient (Wildman–Crippen LogP) is 1.75. The minimum absolute atomic E-state index is 0.135. The zero-order valence-electron chi connectivity index (χ0n) is 14.1. The Labute approximate surface area is 134 Å². The molecular weight excluding hydrogens is 274 g/mol. The molecule has 4 nitrogen and oxygen atoms in total. The third-order valence-electron chi connectivity index (χ3n) is 6.97. The molecule has 22 heavy (non-hydrogen) atoms. The maximum atomic E-state index is 12.4. The molecular formula is C18H31N3O. The van der Waals surface area contributed by atoms with Gasteiger partial charge in [0.1, 0.15) is 5.78 Å². The molecule has 3 heterocycles. The summed E-state index contributed by atoms with van der Waals surface area (Å²) in [5.74, 6) is 2.30. The van der Waals surface area contributed by atoms with E-state index in [-0.39, 0.29) is 6.04 Å². The van der Waals surface area contributed by atoms with Gasteiger partial charge in [-0.05, 0) is 45.2 Å². The molecule has 4 aliphatic rings. The molecule has 4 fully saturated rings. The van der Waals surface area contributed by atoms with Gasteiger partial charge in [-0.2, -0.15) is 0 Å². The van der Waals surface area contributed by atoms with Gasteiger partial charge in [0.25, 0.3) is 0 Å². The molecule has 0 amide bonds. The average Bonchev–Trinajstić information content (AvgIpc) is 3.04. The summed E-state index contributed by atoms with van der Waals surface area (Å²) in [4.78, 5) is 14.8. The lowest BCUT2D eigenvalue weighted by Crippen LogP contribution is -2.53. The number of carbonyl (C=O) groups excluding carboxylic acids is 1. The predicted molar refractivity (Wildman–Crippen MR) is 87.5 cm³/mol. The smallest absolute Gasteiger partial charge is 0.147 e. The van der Waals surface area contributed by atoms with Crippen molar-refractivity contribution in [2.45, 2.75) is 76.2 Å². The maximum absolute atomic E-state index is 12.4. The molecule has 4 heteroatoms. The van der Waals surface area contributed by atoms with Crippen LogP contribution in [0.3, 0.4) is 0 Å². The second kappa shape index (κ2) is 5.88. The summed E-state index contributed by atoms with van der Waals surface area (Å²) in [6, 6.07) is 1.33. The van der Waals surface area contributed by atoms with Crippen LogP contribution in [0, 0.1) is 17.8 Å². The first kappa shape index (κ1) is 15.1. The van der Waals surface area contributed by atoms with Crippen molar-refractivity contribution in [3.63, 3.8) is 0 Å². The van der Waals surface area contributed by atoms with E-state index in [1.165, 1.54) is 44.9 Å². The maximum Gasteiger partial charge on any atom is 0.147 e. The first-order chi connectivity index (χ1) is 10.7. The Morgan fingerprint density at radius 3 is 2.55 bits per heavy atom. The fourth-order valence-electron chi connectivity index (χ4n) is 6.17. The largest absolute Gasteiger partial charge is 0.312 e. The lowest BCUT2D eigenvalue weighted by molar-refractivity contribution is -0.123. The molecule has 0 bridgehead atoms. The van der Waals surface area contributed by atoms with E-state index in [4.69, 9.17) is 0 Å². The first-order valence-corrected chi connectivity index (χ1v) is 9.40. The lowest BCUT2D eigenvalue weighted by atomic mass is 9.69. The van der Waals surface area contributed by atoms with Gasteiger partial charge in [-0.15, -0.1) is 0 Å². The van der Waals surface area contributed by atoms with E-state index >= 15 is 0 Å². The van der Waals surface area contributed by atoms with E-state index < -0.39 is 0 Å². The number of hydrogen-bond donors (Lipinski definition) is 2. The van der Waals surface area contributed by atoms with Crippen molar-refractivity contribution in [2.24, 2.45) is 17.8 Å². The van der Waals surface area contributed by atoms with Gasteiger partial charge in [0.2, 0.25) is 0 Å². The number of hydrogen-bond acceptors (Lipinski definition) is 4. The molecule has 3 aliphatic heterocycles. The van der Waals surface area contributed by atoms with E-state index in [1.807, 2.05) is 6.92 Å². The van der Waals surface area contributed by atoms with Crippen LogP contribution in [0.4, 0.5) is 0 Å². The Hall–Kier alpha value is -0.450. The number of likely N-dealkylation sites (tertiary alicyclic amines) is 1. The highest BCUT2D eigenvalue weighted by Gasteiger charge is 2.59. The molecule has 0 radical (unpaired) electrons. The number of piperidine rings is 1. The fourth-order valence-corrected chi connectivity index (χ4v) is 6.17. The van der Waals surface area contributed by atoms with E-state index in [1.54, 1.807) is 0 Å². The van der Waals surface area contributed by atoms with E-state index in [0.29, 0.717) is 35.9 Å². The third-order valence-corrected chi connectivity index (χ3v) is 6.97.